The molecule has 0 aliphatic carbocycles. The van der Waals surface area contributed by atoms with Crippen LogP contribution in [0.25, 0.3) is 11.0 Å². The van der Waals surface area contributed by atoms with Gasteiger partial charge in [-0.3, -0.25) is 4.79 Å². The van der Waals surface area contributed by atoms with Gasteiger partial charge in [-0.1, -0.05) is 30.7 Å². The zero-order chi connectivity index (χ0) is 21.5. The Morgan fingerprint density at radius 1 is 1.27 bits per heavy atom. The third kappa shape index (κ3) is 5.10. The van der Waals surface area contributed by atoms with Crippen molar-refractivity contribution >= 4 is 34.8 Å². The molecule has 2 aromatic carbocycles. The predicted octanol–water partition coefficient (Wildman–Crippen LogP) is 4.34. The highest BCUT2D eigenvalue weighted by atomic mass is 35.5. The van der Waals surface area contributed by atoms with Gasteiger partial charge in [-0.25, -0.2) is 10.4 Å². The molecule has 0 atom stereocenters. The third-order valence-electron chi connectivity index (χ3n) is 4.33. The molecule has 1 amide bonds. The number of fused-ring (bicyclic) bond motifs is 1. The van der Waals surface area contributed by atoms with E-state index in [1.807, 2.05) is 49.6 Å². The van der Waals surface area contributed by atoms with Crippen molar-refractivity contribution in [1.29, 1.82) is 0 Å². The minimum absolute atomic E-state index is 0.123. The molecule has 1 aromatic heterocycles. The third-order valence-corrected chi connectivity index (χ3v) is 4.61. The van der Waals surface area contributed by atoms with Crippen LogP contribution < -0.4 is 14.9 Å². The molecule has 7 nitrogen and oxygen atoms in total. The number of carbonyl (C=O) groups excluding carboxylic acids is 1. The van der Waals surface area contributed by atoms with Crippen molar-refractivity contribution in [2.75, 3.05) is 13.2 Å². The van der Waals surface area contributed by atoms with Gasteiger partial charge in [0.2, 0.25) is 0 Å². The van der Waals surface area contributed by atoms with Gasteiger partial charge in [0.05, 0.1) is 35.5 Å². The molecule has 0 saturated carbocycles. The maximum Gasteiger partial charge on any atom is 0.260 e. The van der Waals surface area contributed by atoms with E-state index < -0.39 is 0 Å². The summed E-state index contributed by atoms with van der Waals surface area (Å²) in [5.41, 5.74) is 5.00. The summed E-state index contributed by atoms with van der Waals surface area (Å²) in [6.07, 6.45) is 2.39. The van der Waals surface area contributed by atoms with Crippen LogP contribution in [0.2, 0.25) is 5.02 Å². The number of rotatable bonds is 9. The van der Waals surface area contributed by atoms with Gasteiger partial charge in [-0.15, -0.1) is 0 Å². The smallest absolute Gasteiger partial charge is 0.260 e. The molecule has 0 aliphatic heterocycles. The van der Waals surface area contributed by atoms with E-state index in [-0.39, 0.29) is 12.5 Å². The van der Waals surface area contributed by atoms with Gasteiger partial charge in [-0.05, 0) is 50.1 Å². The fourth-order valence-electron chi connectivity index (χ4n) is 3.02. The summed E-state index contributed by atoms with van der Waals surface area (Å²) in [6.45, 7) is 6.93. The number of hydrogen-bond donors (Lipinski definition) is 1. The largest absolute Gasteiger partial charge is 0.490 e. The van der Waals surface area contributed by atoms with Crippen LogP contribution in [0, 0.1) is 6.92 Å². The number of hydrogen-bond acceptors (Lipinski definition) is 5. The van der Waals surface area contributed by atoms with Gasteiger partial charge in [0, 0.05) is 0 Å². The van der Waals surface area contributed by atoms with Crippen LogP contribution in [0.1, 0.15) is 31.7 Å². The number of halogens is 1. The van der Waals surface area contributed by atoms with Crippen LogP contribution in [-0.2, 0) is 11.3 Å². The Morgan fingerprint density at radius 2 is 2.07 bits per heavy atom. The Kier molecular flexibility index (Phi) is 7.30. The monoisotopic (exact) mass is 428 g/mol. The lowest BCUT2D eigenvalue weighted by molar-refractivity contribution is -0.121. The van der Waals surface area contributed by atoms with Crippen molar-refractivity contribution in [2.24, 2.45) is 5.10 Å². The fourth-order valence-corrected chi connectivity index (χ4v) is 3.30. The lowest BCUT2D eigenvalue weighted by Crippen LogP contribution is -2.23. The van der Waals surface area contributed by atoms with Crippen LogP contribution >= 0.6 is 11.6 Å². The number of para-hydroxylation sites is 2. The molecule has 0 aliphatic rings. The topological polar surface area (TPSA) is 77.7 Å². The summed E-state index contributed by atoms with van der Waals surface area (Å²) in [6, 6.07) is 11.2. The van der Waals surface area contributed by atoms with E-state index in [9.17, 15) is 4.79 Å². The van der Waals surface area contributed by atoms with E-state index >= 15 is 0 Å². The second kappa shape index (κ2) is 10.1. The van der Waals surface area contributed by atoms with E-state index in [2.05, 4.69) is 15.5 Å². The quantitative estimate of drug-likeness (QED) is 0.406. The molecule has 3 aromatic rings. The summed E-state index contributed by atoms with van der Waals surface area (Å²) in [5.74, 6) is 1.58. The minimum Gasteiger partial charge on any atom is -0.490 e. The first-order chi connectivity index (χ1) is 14.5. The Labute approximate surface area is 180 Å². The molecule has 8 heteroatoms. The van der Waals surface area contributed by atoms with Gasteiger partial charge in [-0.2, -0.15) is 5.10 Å². The summed E-state index contributed by atoms with van der Waals surface area (Å²) in [4.78, 5) is 16.8. The maximum atomic E-state index is 12.4. The number of ether oxygens (including phenoxy) is 2. The first-order valence-electron chi connectivity index (χ1n) is 9.86. The Morgan fingerprint density at radius 3 is 2.83 bits per heavy atom. The van der Waals surface area contributed by atoms with Gasteiger partial charge in [0.1, 0.15) is 12.4 Å². The van der Waals surface area contributed by atoms with E-state index in [1.54, 1.807) is 12.1 Å². The van der Waals surface area contributed by atoms with Crippen molar-refractivity contribution in [3.63, 3.8) is 0 Å². The molecule has 0 saturated heterocycles. The molecule has 0 radical (unpaired) electrons. The van der Waals surface area contributed by atoms with Crippen molar-refractivity contribution in [3.05, 3.63) is 52.8 Å². The normalized spacial score (nSPS) is 11.2. The van der Waals surface area contributed by atoms with Crippen LogP contribution in [0.3, 0.4) is 0 Å². The number of nitrogens with one attached hydrogen (secondary N) is 1. The molecule has 3 rings (SSSR count). The lowest BCUT2D eigenvalue weighted by atomic mass is 10.2. The summed E-state index contributed by atoms with van der Waals surface area (Å²) in [7, 11) is 0. The van der Waals surface area contributed by atoms with Crippen LogP contribution in [-0.4, -0.2) is 34.9 Å². The lowest BCUT2D eigenvalue weighted by Gasteiger charge is -2.13. The van der Waals surface area contributed by atoms with Crippen LogP contribution in [0.5, 0.6) is 11.5 Å². The van der Waals surface area contributed by atoms with Crippen molar-refractivity contribution in [2.45, 2.75) is 33.7 Å². The number of nitrogens with zero attached hydrogens (tertiary/aromatic N) is 3. The molecule has 1 heterocycles. The van der Waals surface area contributed by atoms with Gasteiger partial charge in [0.15, 0.2) is 11.5 Å². The van der Waals surface area contributed by atoms with Gasteiger partial charge in [0.25, 0.3) is 5.91 Å². The molecule has 0 spiro atoms. The number of carbonyl (C=O) groups is 1. The number of benzene rings is 2. The van der Waals surface area contributed by atoms with Gasteiger partial charge < -0.3 is 14.0 Å². The second-order valence-electron chi connectivity index (χ2n) is 6.64. The number of hydrazone groups is 1. The van der Waals surface area contributed by atoms with Gasteiger partial charge >= 0.3 is 0 Å². The number of imidazole rings is 1. The molecule has 0 bridgehead atoms. The fraction of sp³-hybridized carbons (Fsp3) is 0.318. The maximum absolute atomic E-state index is 12.4. The van der Waals surface area contributed by atoms with E-state index in [0.717, 1.165) is 23.3 Å². The van der Waals surface area contributed by atoms with E-state index in [4.69, 9.17) is 21.1 Å². The van der Waals surface area contributed by atoms with E-state index in [0.29, 0.717) is 35.3 Å². The average molecular weight is 429 g/mol. The van der Waals surface area contributed by atoms with Crippen LogP contribution in [0.4, 0.5) is 0 Å². The first-order valence-corrected chi connectivity index (χ1v) is 10.2. The predicted molar refractivity (Wildman–Crippen MR) is 119 cm³/mol. The van der Waals surface area contributed by atoms with Crippen molar-refractivity contribution in [3.8, 4) is 11.5 Å². The molecule has 1 N–H and O–H groups in total. The van der Waals surface area contributed by atoms with E-state index in [1.165, 1.54) is 6.21 Å². The summed E-state index contributed by atoms with van der Waals surface area (Å²) >= 11 is 6.35. The Bertz CT molecular complexity index is 1060. The average Bonchev–Trinajstić information content (AvgIpc) is 3.03. The molecule has 30 heavy (non-hydrogen) atoms. The molecule has 158 valence electrons. The highest BCUT2D eigenvalue weighted by Crippen LogP contribution is 2.36. The minimum atomic E-state index is -0.253. The highest BCUT2D eigenvalue weighted by Gasteiger charge is 2.13. The number of amides is 1. The molecular formula is C22H25ClN4O3. The standard InChI is InChI=1S/C22H25ClN4O3/c1-4-10-30-22-17(23)11-16(12-20(22)29-5-2)13-24-26-21(28)14-27-15(3)25-18-8-6-7-9-19(18)27/h6-9,11-13H,4-5,10,14H2,1-3H3,(H,26,28)/b24-13+. The molecule has 0 fully saturated rings. The summed E-state index contributed by atoms with van der Waals surface area (Å²) in [5, 5.41) is 4.49. The molecule has 0 unspecified atom stereocenters. The Hall–Kier alpha value is -3.06. The number of aromatic nitrogens is 2. The zero-order valence-electron chi connectivity index (χ0n) is 17.3. The Balaban J connectivity index is 1.69. The van der Waals surface area contributed by atoms with Crippen molar-refractivity contribution in [1.82, 2.24) is 15.0 Å². The first kappa shape index (κ1) is 21.6. The summed E-state index contributed by atoms with van der Waals surface area (Å²) < 4.78 is 13.2. The SMILES string of the molecule is CCCOc1c(Cl)cc(/C=N/NC(=O)Cn2c(C)nc3ccccc32)cc1OCC. The zero-order valence-corrected chi connectivity index (χ0v) is 18.1. The second-order valence-corrected chi connectivity index (χ2v) is 7.05. The van der Waals surface area contributed by atoms with Crippen molar-refractivity contribution < 1.29 is 14.3 Å². The number of aryl methyl sites for hydroxylation is 1. The highest BCUT2D eigenvalue weighted by molar-refractivity contribution is 6.32. The molecular weight excluding hydrogens is 404 g/mol. The van der Waals surface area contributed by atoms with Crippen LogP contribution in [0.15, 0.2) is 41.5 Å².